The molecule has 1 aromatic heterocycles. The predicted octanol–water partition coefficient (Wildman–Crippen LogP) is 6.59. The third-order valence-electron chi connectivity index (χ3n) is 5.65. The van der Waals surface area contributed by atoms with Crippen molar-refractivity contribution in [2.45, 2.75) is 26.2 Å². The van der Waals surface area contributed by atoms with Crippen molar-refractivity contribution >= 4 is 67.5 Å². The Balaban J connectivity index is 1.48. The smallest absolute Gasteiger partial charge is 0.328 e. The van der Waals surface area contributed by atoms with Gasteiger partial charge in [-0.1, -0.05) is 47.3 Å². The van der Waals surface area contributed by atoms with Gasteiger partial charge in [0, 0.05) is 26.3 Å². The number of halogens is 2. The molecule has 196 valence electrons. The maximum absolute atomic E-state index is 13.1. The van der Waals surface area contributed by atoms with E-state index in [0.717, 1.165) is 23.7 Å². The molecule has 38 heavy (non-hydrogen) atoms. The molecule has 0 bridgehead atoms. The van der Waals surface area contributed by atoms with Crippen LogP contribution in [0.2, 0.25) is 5.02 Å². The van der Waals surface area contributed by atoms with Gasteiger partial charge in [0.15, 0.2) is 0 Å². The molecule has 4 rings (SSSR count). The highest BCUT2D eigenvalue weighted by Crippen LogP contribution is 2.24. The molecule has 0 radical (unpaired) electrons. The van der Waals surface area contributed by atoms with Gasteiger partial charge in [0.05, 0.1) is 12.1 Å². The molecule has 0 aliphatic carbocycles. The minimum absolute atomic E-state index is 0.138. The average Bonchev–Trinajstić information content (AvgIpc) is 3.26. The lowest BCUT2D eigenvalue weighted by molar-refractivity contribution is -0.133. The lowest BCUT2D eigenvalue weighted by atomic mass is 10.2. The first-order valence-corrected chi connectivity index (χ1v) is 13.2. The molecule has 0 saturated carbocycles. The van der Waals surface area contributed by atoms with Gasteiger partial charge in [0.2, 0.25) is 0 Å². The van der Waals surface area contributed by atoms with Crippen LogP contribution in [0.4, 0.5) is 11.4 Å². The summed E-state index contributed by atoms with van der Waals surface area (Å²) in [6.45, 7) is 2.75. The number of carbonyl (C=O) groups is 3. The van der Waals surface area contributed by atoms with E-state index in [9.17, 15) is 14.4 Å². The average molecular weight is 598 g/mol. The molecule has 0 aliphatic heterocycles. The predicted molar refractivity (Wildman–Crippen MR) is 154 cm³/mol. The highest BCUT2D eigenvalue weighted by atomic mass is 79.9. The number of amides is 3. The molecule has 3 aromatic carbocycles. The van der Waals surface area contributed by atoms with Crippen molar-refractivity contribution in [2.24, 2.45) is 0 Å². The zero-order chi connectivity index (χ0) is 27.1. The Morgan fingerprint density at radius 2 is 1.55 bits per heavy atom. The summed E-state index contributed by atoms with van der Waals surface area (Å²) in [5.74, 6) is -1.62. The fraction of sp³-hybridized carbons (Fsp3) is 0.179. The molecule has 1 heterocycles. The summed E-state index contributed by atoms with van der Waals surface area (Å²) >= 11 is 9.35. The molecule has 3 N–H and O–H groups in total. The summed E-state index contributed by atoms with van der Waals surface area (Å²) in [4.78, 5) is 38.6. The van der Waals surface area contributed by atoms with E-state index in [1.807, 2.05) is 6.07 Å². The van der Waals surface area contributed by atoms with Crippen LogP contribution in [0.1, 0.15) is 36.7 Å². The van der Waals surface area contributed by atoms with Gasteiger partial charge in [-0.25, -0.2) is 4.68 Å². The quantitative estimate of drug-likeness (QED) is 0.150. The van der Waals surface area contributed by atoms with E-state index >= 15 is 0 Å². The van der Waals surface area contributed by atoms with E-state index in [1.54, 1.807) is 66.7 Å². The number of rotatable bonds is 9. The molecule has 0 saturated heterocycles. The molecule has 3 amide bonds. The van der Waals surface area contributed by atoms with E-state index in [4.69, 9.17) is 16.3 Å². The summed E-state index contributed by atoms with van der Waals surface area (Å²) < 4.78 is 7.77. The van der Waals surface area contributed by atoms with Crippen LogP contribution in [0.15, 0.2) is 77.3 Å². The van der Waals surface area contributed by atoms with Crippen LogP contribution in [0.5, 0.6) is 5.75 Å². The van der Waals surface area contributed by atoms with Gasteiger partial charge in [0.1, 0.15) is 11.4 Å². The fourth-order valence-electron chi connectivity index (χ4n) is 3.72. The van der Waals surface area contributed by atoms with Crippen LogP contribution >= 0.6 is 27.5 Å². The first-order chi connectivity index (χ1) is 18.3. The Hall–Kier alpha value is -3.82. The number of nitrogens with one attached hydrogen (secondary N) is 3. The Morgan fingerprint density at radius 3 is 2.26 bits per heavy atom. The van der Waals surface area contributed by atoms with Crippen LogP contribution in [-0.4, -0.2) is 29.0 Å². The molecule has 8 nitrogen and oxygen atoms in total. The van der Waals surface area contributed by atoms with Crippen LogP contribution in [0, 0.1) is 0 Å². The van der Waals surface area contributed by atoms with Crippen LogP contribution in [0.3, 0.4) is 0 Å². The number of carbonyl (C=O) groups excluding carboxylic acids is 3. The van der Waals surface area contributed by atoms with Gasteiger partial charge >= 0.3 is 11.8 Å². The Labute approximate surface area is 233 Å². The molecule has 10 heteroatoms. The highest BCUT2D eigenvalue weighted by molar-refractivity contribution is 9.10. The van der Waals surface area contributed by atoms with Gasteiger partial charge in [-0.05, 0) is 79.2 Å². The van der Waals surface area contributed by atoms with Gasteiger partial charge in [-0.15, -0.1) is 0 Å². The third kappa shape index (κ3) is 6.93. The summed E-state index contributed by atoms with van der Waals surface area (Å²) in [5.41, 5.74) is 4.19. The van der Waals surface area contributed by atoms with E-state index in [1.165, 1.54) is 4.68 Å². The normalized spacial score (nSPS) is 10.7. The lowest BCUT2D eigenvalue weighted by Crippen LogP contribution is -2.36. The standard InChI is InChI=1S/C28H26BrClN4O4/c1-2-3-4-15-38-23-12-10-22(11-13-23)32-27(36)28(37)33-34-24-14-5-19(29)16-18(24)17-25(34)26(35)31-21-8-6-20(30)7-9-21/h5-14,16-17H,2-4,15H2,1H3,(H,31,35)(H,32,36)(H,33,37). The van der Waals surface area contributed by atoms with Crippen molar-refractivity contribution in [1.29, 1.82) is 0 Å². The van der Waals surface area contributed by atoms with Crippen molar-refractivity contribution in [1.82, 2.24) is 4.68 Å². The number of benzene rings is 3. The Morgan fingerprint density at radius 1 is 0.868 bits per heavy atom. The number of unbranched alkanes of at least 4 members (excludes halogenated alkanes) is 2. The molecule has 4 aromatic rings. The monoisotopic (exact) mass is 596 g/mol. The number of hydrogen-bond acceptors (Lipinski definition) is 4. The second-order valence-corrected chi connectivity index (χ2v) is 9.86. The number of hydrogen-bond donors (Lipinski definition) is 3. The zero-order valence-electron chi connectivity index (χ0n) is 20.6. The van der Waals surface area contributed by atoms with Crippen molar-refractivity contribution < 1.29 is 19.1 Å². The molecule has 0 atom stereocenters. The highest BCUT2D eigenvalue weighted by Gasteiger charge is 2.21. The number of nitrogens with zero attached hydrogens (tertiary/aromatic N) is 1. The number of aromatic nitrogens is 1. The van der Waals surface area contributed by atoms with Crippen molar-refractivity contribution in [3.8, 4) is 5.75 Å². The SMILES string of the molecule is CCCCCOc1ccc(NC(=O)C(=O)Nn2c(C(=O)Nc3ccc(Cl)cc3)cc3cc(Br)ccc32)cc1. The maximum atomic E-state index is 13.1. The van der Waals surface area contributed by atoms with Gasteiger partial charge < -0.3 is 15.4 Å². The number of fused-ring (bicyclic) bond motifs is 1. The second kappa shape index (κ2) is 12.6. The van der Waals surface area contributed by atoms with E-state index in [-0.39, 0.29) is 5.69 Å². The van der Waals surface area contributed by atoms with Crippen LogP contribution < -0.4 is 20.8 Å². The van der Waals surface area contributed by atoms with E-state index < -0.39 is 17.7 Å². The maximum Gasteiger partial charge on any atom is 0.328 e. The summed E-state index contributed by atoms with van der Waals surface area (Å²) in [6, 6.07) is 20.4. The molecular weight excluding hydrogens is 572 g/mol. The molecule has 0 aliphatic rings. The minimum Gasteiger partial charge on any atom is -0.494 e. The van der Waals surface area contributed by atoms with Gasteiger partial charge in [-0.3, -0.25) is 19.8 Å². The van der Waals surface area contributed by atoms with Gasteiger partial charge in [0.25, 0.3) is 5.91 Å². The van der Waals surface area contributed by atoms with Crippen molar-refractivity contribution in [3.63, 3.8) is 0 Å². The molecule has 0 spiro atoms. The van der Waals surface area contributed by atoms with Crippen LogP contribution in [-0.2, 0) is 9.59 Å². The van der Waals surface area contributed by atoms with E-state index in [2.05, 4.69) is 38.9 Å². The largest absolute Gasteiger partial charge is 0.494 e. The van der Waals surface area contributed by atoms with Crippen molar-refractivity contribution in [3.05, 3.63) is 88.0 Å². The number of anilines is 2. The first-order valence-electron chi connectivity index (χ1n) is 12.1. The summed E-state index contributed by atoms with van der Waals surface area (Å²) in [5, 5.41) is 6.57. The van der Waals surface area contributed by atoms with Crippen molar-refractivity contribution in [2.75, 3.05) is 22.7 Å². The topological polar surface area (TPSA) is 101 Å². The zero-order valence-corrected chi connectivity index (χ0v) is 22.9. The van der Waals surface area contributed by atoms with Gasteiger partial charge in [-0.2, -0.15) is 0 Å². The summed E-state index contributed by atoms with van der Waals surface area (Å²) in [6.07, 6.45) is 3.18. The third-order valence-corrected chi connectivity index (χ3v) is 6.39. The number of ether oxygens (including phenoxy) is 1. The second-order valence-electron chi connectivity index (χ2n) is 8.50. The lowest BCUT2D eigenvalue weighted by Gasteiger charge is -2.13. The molecule has 0 fully saturated rings. The fourth-order valence-corrected chi connectivity index (χ4v) is 4.22. The Bertz CT molecular complexity index is 1450. The minimum atomic E-state index is -0.939. The first kappa shape index (κ1) is 27.2. The Kier molecular flexibility index (Phi) is 9.04. The van der Waals surface area contributed by atoms with E-state index in [0.29, 0.717) is 39.7 Å². The molecule has 0 unspecified atom stereocenters. The molecular formula is C28H26BrClN4O4. The summed E-state index contributed by atoms with van der Waals surface area (Å²) in [7, 11) is 0. The van der Waals surface area contributed by atoms with Crippen LogP contribution in [0.25, 0.3) is 10.9 Å².